The minimum Gasteiger partial charge on any atom is -0.354 e. The quantitative estimate of drug-likeness (QED) is 0.807. The van der Waals surface area contributed by atoms with Gasteiger partial charge in [0.15, 0.2) is 0 Å². The fourth-order valence-corrected chi connectivity index (χ4v) is 2.30. The number of nitrogens with zero attached hydrogens (tertiary/aromatic N) is 4. The van der Waals surface area contributed by atoms with E-state index in [0.29, 0.717) is 12.5 Å². The van der Waals surface area contributed by atoms with Crippen molar-refractivity contribution in [3.8, 4) is 0 Å². The maximum absolute atomic E-state index is 11.7. The molecule has 7 nitrogen and oxygen atoms in total. The molecule has 1 aliphatic heterocycles. The molecule has 1 saturated heterocycles. The van der Waals surface area contributed by atoms with E-state index in [1.54, 1.807) is 19.3 Å². The molecule has 0 aromatic carbocycles. The van der Waals surface area contributed by atoms with E-state index in [0.717, 1.165) is 25.9 Å². The average molecular weight is 265 g/mol. The van der Waals surface area contributed by atoms with Crippen LogP contribution in [0.15, 0.2) is 12.4 Å². The Labute approximate surface area is 112 Å². The summed E-state index contributed by atoms with van der Waals surface area (Å²) in [6, 6.07) is 0. The van der Waals surface area contributed by atoms with Gasteiger partial charge in [-0.15, -0.1) is 5.10 Å². The van der Waals surface area contributed by atoms with Gasteiger partial charge in [0.2, 0.25) is 11.8 Å². The first kappa shape index (κ1) is 13.5. The van der Waals surface area contributed by atoms with Crippen LogP contribution in [0, 0.1) is 5.92 Å². The highest BCUT2D eigenvalue weighted by Crippen LogP contribution is 2.15. The molecular formula is C12H19N5O2. The standard InChI is InChI=1S/C12H19N5O2/c1-10(18)16-5-2-3-11(8-16)7-13-12(19)9-17-6-4-14-15-17/h4,6,11H,2-3,5,7-9H2,1H3,(H,13,19). The van der Waals surface area contributed by atoms with Crippen LogP contribution in [0.5, 0.6) is 0 Å². The SMILES string of the molecule is CC(=O)N1CCCC(CNC(=O)Cn2ccnn2)C1. The maximum Gasteiger partial charge on any atom is 0.241 e. The van der Waals surface area contributed by atoms with Gasteiger partial charge in [0.05, 0.1) is 6.20 Å². The normalized spacial score (nSPS) is 19.2. The van der Waals surface area contributed by atoms with E-state index in [4.69, 9.17) is 0 Å². The minimum absolute atomic E-state index is 0.0783. The zero-order valence-electron chi connectivity index (χ0n) is 11.1. The van der Waals surface area contributed by atoms with Gasteiger partial charge in [0.25, 0.3) is 0 Å². The fourth-order valence-electron chi connectivity index (χ4n) is 2.30. The minimum atomic E-state index is -0.0783. The molecule has 1 fully saturated rings. The summed E-state index contributed by atoms with van der Waals surface area (Å²) < 4.78 is 1.48. The lowest BCUT2D eigenvalue weighted by Gasteiger charge is -2.32. The molecule has 0 spiro atoms. The Hall–Kier alpha value is -1.92. The second-order valence-electron chi connectivity index (χ2n) is 4.88. The molecule has 1 atom stereocenters. The molecule has 2 amide bonds. The van der Waals surface area contributed by atoms with Crippen LogP contribution in [0.1, 0.15) is 19.8 Å². The largest absolute Gasteiger partial charge is 0.354 e. The van der Waals surface area contributed by atoms with Crippen molar-refractivity contribution >= 4 is 11.8 Å². The van der Waals surface area contributed by atoms with Gasteiger partial charge >= 0.3 is 0 Å². The summed E-state index contributed by atoms with van der Waals surface area (Å²) in [7, 11) is 0. The monoisotopic (exact) mass is 265 g/mol. The number of rotatable bonds is 4. The summed E-state index contributed by atoms with van der Waals surface area (Å²) in [6.07, 6.45) is 5.24. The average Bonchev–Trinajstić information content (AvgIpc) is 2.89. The summed E-state index contributed by atoms with van der Waals surface area (Å²) >= 11 is 0. The lowest BCUT2D eigenvalue weighted by Crippen LogP contribution is -2.43. The third kappa shape index (κ3) is 4.04. The van der Waals surface area contributed by atoms with Gasteiger partial charge in [-0.2, -0.15) is 0 Å². The van der Waals surface area contributed by atoms with E-state index in [2.05, 4.69) is 15.6 Å². The molecule has 1 aliphatic rings. The van der Waals surface area contributed by atoms with Crippen LogP contribution < -0.4 is 5.32 Å². The predicted molar refractivity (Wildman–Crippen MR) is 68.0 cm³/mol. The van der Waals surface area contributed by atoms with Crippen molar-refractivity contribution in [2.45, 2.75) is 26.3 Å². The van der Waals surface area contributed by atoms with Crippen molar-refractivity contribution in [2.75, 3.05) is 19.6 Å². The topological polar surface area (TPSA) is 80.1 Å². The van der Waals surface area contributed by atoms with E-state index >= 15 is 0 Å². The van der Waals surface area contributed by atoms with Crippen molar-refractivity contribution in [1.29, 1.82) is 0 Å². The van der Waals surface area contributed by atoms with Crippen LogP contribution in [0.25, 0.3) is 0 Å². The Balaban J connectivity index is 1.72. The Morgan fingerprint density at radius 1 is 1.47 bits per heavy atom. The van der Waals surface area contributed by atoms with Gasteiger partial charge in [0, 0.05) is 32.8 Å². The van der Waals surface area contributed by atoms with Gasteiger partial charge in [-0.1, -0.05) is 5.21 Å². The predicted octanol–water partition coefficient (Wildman–Crippen LogP) is -0.347. The highest BCUT2D eigenvalue weighted by atomic mass is 16.2. The Bertz CT molecular complexity index is 431. The summed E-state index contributed by atoms with van der Waals surface area (Å²) in [4.78, 5) is 24.8. The Morgan fingerprint density at radius 2 is 2.32 bits per heavy atom. The van der Waals surface area contributed by atoms with E-state index in [9.17, 15) is 9.59 Å². The molecular weight excluding hydrogens is 246 g/mol. The molecule has 0 radical (unpaired) electrons. The van der Waals surface area contributed by atoms with Crippen LogP contribution in [-0.2, 0) is 16.1 Å². The first-order chi connectivity index (χ1) is 9.15. The number of carbonyl (C=O) groups is 2. The summed E-state index contributed by atoms with van der Waals surface area (Å²) in [6.45, 7) is 3.95. The maximum atomic E-state index is 11.7. The number of hydrogen-bond acceptors (Lipinski definition) is 4. The summed E-state index contributed by atoms with van der Waals surface area (Å²) in [5.41, 5.74) is 0. The molecule has 19 heavy (non-hydrogen) atoms. The Kier molecular flexibility index (Phi) is 4.48. The van der Waals surface area contributed by atoms with Crippen LogP contribution in [-0.4, -0.2) is 51.3 Å². The first-order valence-electron chi connectivity index (χ1n) is 6.51. The number of aromatic nitrogens is 3. The number of nitrogens with one attached hydrogen (secondary N) is 1. The third-order valence-corrected chi connectivity index (χ3v) is 3.33. The van der Waals surface area contributed by atoms with Gasteiger partial charge < -0.3 is 10.2 Å². The van der Waals surface area contributed by atoms with Gasteiger partial charge in [-0.25, -0.2) is 4.68 Å². The molecule has 0 aliphatic carbocycles. The lowest BCUT2D eigenvalue weighted by molar-refractivity contribution is -0.130. The molecule has 0 bridgehead atoms. The summed E-state index contributed by atoms with van der Waals surface area (Å²) in [5, 5.41) is 10.3. The number of carbonyl (C=O) groups excluding carboxylic acids is 2. The van der Waals surface area contributed by atoms with Gasteiger partial charge in [-0.05, 0) is 18.8 Å². The zero-order chi connectivity index (χ0) is 13.7. The first-order valence-corrected chi connectivity index (χ1v) is 6.51. The Morgan fingerprint density at radius 3 is 3.00 bits per heavy atom. The van der Waals surface area contributed by atoms with Crippen LogP contribution >= 0.6 is 0 Å². The molecule has 7 heteroatoms. The van der Waals surface area contributed by atoms with E-state index in [1.807, 2.05) is 4.90 Å². The van der Waals surface area contributed by atoms with Crippen molar-refractivity contribution < 1.29 is 9.59 Å². The molecule has 0 saturated carbocycles. The molecule has 104 valence electrons. The molecule has 1 aromatic heterocycles. The second kappa shape index (κ2) is 6.31. The number of hydrogen-bond donors (Lipinski definition) is 1. The molecule has 1 aromatic rings. The smallest absolute Gasteiger partial charge is 0.241 e. The molecule has 2 rings (SSSR count). The van der Waals surface area contributed by atoms with Crippen LogP contribution in [0.3, 0.4) is 0 Å². The van der Waals surface area contributed by atoms with E-state index < -0.39 is 0 Å². The van der Waals surface area contributed by atoms with Crippen molar-refractivity contribution in [2.24, 2.45) is 5.92 Å². The second-order valence-corrected chi connectivity index (χ2v) is 4.88. The lowest BCUT2D eigenvalue weighted by atomic mass is 9.98. The van der Waals surface area contributed by atoms with Crippen molar-refractivity contribution in [1.82, 2.24) is 25.2 Å². The van der Waals surface area contributed by atoms with Crippen LogP contribution in [0.2, 0.25) is 0 Å². The molecule has 2 heterocycles. The zero-order valence-corrected chi connectivity index (χ0v) is 11.1. The molecule has 1 N–H and O–H groups in total. The van der Waals surface area contributed by atoms with Gasteiger partial charge in [0.1, 0.15) is 6.54 Å². The number of amides is 2. The highest BCUT2D eigenvalue weighted by Gasteiger charge is 2.21. The molecule has 1 unspecified atom stereocenters. The highest BCUT2D eigenvalue weighted by molar-refractivity contribution is 5.75. The fraction of sp³-hybridized carbons (Fsp3) is 0.667. The van der Waals surface area contributed by atoms with E-state index in [1.165, 1.54) is 4.68 Å². The number of piperidine rings is 1. The van der Waals surface area contributed by atoms with E-state index in [-0.39, 0.29) is 18.4 Å². The van der Waals surface area contributed by atoms with Gasteiger partial charge in [-0.3, -0.25) is 9.59 Å². The van der Waals surface area contributed by atoms with Crippen LogP contribution in [0.4, 0.5) is 0 Å². The van der Waals surface area contributed by atoms with Crippen molar-refractivity contribution in [3.63, 3.8) is 0 Å². The van der Waals surface area contributed by atoms with Crippen molar-refractivity contribution in [3.05, 3.63) is 12.4 Å². The third-order valence-electron chi connectivity index (χ3n) is 3.33. The summed E-state index contributed by atoms with van der Waals surface area (Å²) in [5.74, 6) is 0.376. The number of likely N-dealkylation sites (tertiary alicyclic amines) is 1.